The number of quaternary nitrogens is 1. The van der Waals surface area contributed by atoms with E-state index in [1.54, 1.807) is 12.1 Å². The highest BCUT2D eigenvalue weighted by Crippen LogP contribution is 2.63. The molecule has 2 aliphatic heterocycles. The minimum absolute atomic E-state index is 0.0548. The monoisotopic (exact) mass is 400 g/mol. The van der Waals surface area contributed by atoms with Gasteiger partial charge in [0, 0.05) is 24.3 Å². The molecule has 1 aromatic carbocycles. The molecule has 1 amide bonds. The van der Waals surface area contributed by atoms with Crippen molar-refractivity contribution in [2.45, 2.75) is 36.5 Å². The molecule has 3 N–H and O–H groups in total. The third kappa shape index (κ3) is 2.39. The number of likely N-dealkylation sites (tertiary alicyclic amines) is 1. The van der Waals surface area contributed by atoms with E-state index < -0.39 is 30.1 Å². The van der Waals surface area contributed by atoms with Crippen LogP contribution in [0.1, 0.15) is 17.5 Å². The number of aromatic hydroxyl groups is 1. The van der Waals surface area contributed by atoms with Gasteiger partial charge in [-0.3, -0.25) is 4.79 Å². The predicted octanol–water partition coefficient (Wildman–Crippen LogP) is -1.42. The van der Waals surface area contributed by atoms with Gasteiger partial charge in [0.05, 0.1) is 31.5 Å². The number of nitrogens with zero attached hydrogens (tertiary/aromatic N) is 1. The zero-order valence-corrected chi connectivity index (χ0v) is 16.1. The first kappa shape index (κ1) is 18.4. The third-order valence-corrected chi connectivity index (χ3v) is 7.48. The van der Waals surface area contributed by atoms with E-state index in [0.717, 1.165) is 17.5 Å². The molecule has 1 fully saturated rings. The maximum absolute atomic E-state index is 12.4. The first-order chi connectivity index (χ1) is 13.8. The number of carboxylic acids is 1. The molecule has 0 saturated carbocycles. The Morgan fingerprint density at radius 2 is 2.17 bits per heavy atom. The predicted molar refractivity (Wildman–Crippen MR) is 98.9 cm³/mol. The quantitative estimate of drug-likeness (QED) is 0.422. The van der Waals surface area contributed by atoms with Gasteiger partial charge < -0.3 is 34.7 Å². The van der Waals surface area contributed by atoms with Crippen molar-refractivity contribution in [1.29, 1.82) is 0 Å². The first-order valence-corrected chi connectivity index (χ1v) is 9.95. The molecular formula is C21H24N2O6. The number of amides is 1. The van der Waals surface area contributed by atoms with Gasteiger partial charge in [0.2, 0.25) is 0 Å². The standard InChI is InChI=1S/C21H24N2O6/c1-23(10-16(26)22-9-17(27)28)7-6-21-12-3-5-15(25)20(21)29-19-14(24)4-2-11(18(19)21)8-13(12)23/h2-5,12-13,15,20,25H,6-10H2,1H3,(H2-,22,24,26,27,28)/t12-,13+,15-,20-,21-,23?/m0/s1. The summed E-state index contributed by atoms with van der Waals surface area (Å²) in [5.41, 5.74) is 1.68. The van der Waals surface area contributed by atoms with Crippen LogP contribution in [0.25, 0.3) is 0 Å². The highest BCUT2D eigenvalue weighted by Gasteiger charge is 2.68. The number of aliphatic hydroxyl groups is 1. The van der Waals surface area contributed by atoms with Gasteiger partial charge in [0.15, 0.2) is 18.0 Å². The van der Waals surface area contributed by atoms with Crippen LogP contribution in [0.4, 0.5) is 0 Å². The number of benzene rings is 1. The van der Waals surface area contributed by atoms with E-state index in [0.29, 0.717) is 23.2 Å². The molecule has 1 spiro atoms. The molecule has 0 aromatic heterocycles. The van der Waals surface area contributed by atoms with Gasteiger partial charge in [-0.15, -0.1) is 0 Å². The third-order valence-electron chi connectivity index (χ3n) is 7.48. The maximum Gasteiger partial charge on any atom is 0.275 e. The number of phenols is 1. The van der Waals surface area contributed by atoms with Gasteiger partial charge in [-0.25, -0.2) is 0 Å². The van der Waals surface area contributed by atoms with Crippen molar-refractivity contribution in [3.8, 4) is 11.5 Å². The summed E-state index contributed by atoms with van der Waals surface area (Å²) in [7, 11) is 2.03. The van der Waals surface area contributed by atoms with Crippen molar-refractivity contribution in [2.75, 3.05) is 26.7 Å². The van der Waals surface area contributed by atoms with Crippen LogP contribution in [-0.2, 0) is 21.4 Å². The van der Waals surface area contributed by atoms with E-state index in [1.807, 2.05) is 19.2 Å². The molecule has 2 bridgehead atoms. The Morgan fingerprint density at radius 3 is 2.93 bits per heavy atom. The van der Waals surface area contributed by atoms with Crippen molar-refractivity contribution in [3.63, 3.8) is 0 Å². The summed E-state index contributed by atoms with van der Waals surface area (Å²) in [5, 5.41) is 34.1. The lowest BCUT2D eigenvalue weighted by Gasteiger charge is -2.59. The summed E-state index contributed by atoms with van der Waals surface area (Å²) in [5.74, 6) is -0.987. The minimum atomic E-state index is -1.31. The van der Waals surface area contributed by atoms with Crippen LogP contribution in [-0.4, -0.2) is 71.5 Å². The van der Waals surface area contributed by atoms with E-state index in [2.05, 4.69) is 5.32 Å². The second kappa shape index (κ2) is 5.96. The largest absolute Gasteiger partial charge is 0.548 e. The van der Waals surface area contributed by atoms with Gasteiger partial charge >= 0.3 is 0 Å². The van der Waals surface area contributed by atoms with Crippen molar-refractivity contribution < 1.29 is 34.1 Å². The van der Waals surface area contributed by atoms with Gasteiger partial charge in [0.25, 0.3) is 5.91 Å². The van der Waals surface area contributed by atoms with E-state index >= 15 is 0 Å². The van der Waals surface area contributed by atoms with E-state index in [1.165, 1.54) is 0 Å². The van der Waals surface area contributed by atoms with E-state index in [9.17, 15) is 24.9 Å². The number of aliphatic hydroxyl groups excluding tert-OH is 1. The lowest BCUT2D eigenvalue weighted by Crippen LogP contribution is -2.72. The summed E-state index contributed by atoms with van der Waals surface area (Å²) >= 11 is 0. The van der Waals surface area contributed by atoms with Crippen molar-refractivity contribution in [1.82, 2.24) is 5.32 Å². The number of likely N-dealkylation sites (N-methyl/N-ethyl adjacent to an activating group) is 1. The number of hydrogen-bond acceptors (Lipinski definition) is 6. The minimum Gasteiger partial charge on any atom is -0.548 e. The average molecular weight is 400 g/mol. The topological polar surface area (TPSA) is 119 Å². The van der Waals surface area contributed by atoms with Crippen molar-refractivity contribution in [2.24, 2.45) is 5.92 Å². The fourth-order valence-electron chi connectivity index (χ4n) is 6.25. The second-order valence-electron chi connectivity index (χ2n) is 8.96. The van der Waals surface area contributed by atoms with E-state index in [4.69, 9.17) is 4.74 Å². The molecule has 29 heavy (non-hydrogen) atoms. The number of nitrogens with one attached hydrogen (secondary N) is 1. The van der Waals surface area contributed by atoms with Crippen LogP contribution in [0.2, 0.25) is 0 Å². The summed E-state index contributed by atoms with van der Waals surface area (Å²) in [4.78, 5) is 23.1. The highest BCUT2D eigenvalue weighted by molar-refractivity contribution is 5.81. The number of carboxylic acid groups (broad SMARTS) is 1. The molecule has 4 aliphatic rings. The normalized spacial score (nSPS) is 38.1. The lowest BCUT2D eigenvalue weighted by atomic mass is 9.52. The number of phenolic OH excluding ortho intramolecular Hbond substituents is 1. The first-order valence-electron chi connectivity index (χ1n) is 9.95. The number of hydrogen-bond donors (Lipinski definition) is 3. The number of carbonyl (C=O) groups excluding carboxylic acids is 2. The number of rotatable bonds is 4. The van der Waals surface area contributed by atoms with Crippen LogP contribution in [0.5, 0.6) is 11.5 Å². The highest BCUT2D eigenvalue weighted by atomic mass is 16.5. The van der Waals surface area contributed by atoms with Gasteiger partial charge in [0.1, 0.15) is 18.2 Å². The average Bonchev–Trinajstić information content (AvgIpc) is 3.03. The molecule has 1 saturated heterocycles. The molecule has 2 heterocycles. The smallest absolute Gasteiger partial charge is 0.275 e. The van der Waals surface area contributed by atoms with Crippen LogP contribution in [0.15, 0.2) is 24.3 Å². The summed E-state index contributed by atoms with van der Waals surface area (Å²) in [6.45, 7) is 0.367. The molecule has 1 aromatic rings. The van der Waals surface area contributed by atoms with E-state index in [-0.39, 0.29) is 30.2 Å². The van der Waals surface area contributed by atoms with Crippen molar-refractivity contribution in [3.05, 3.63) is 35.4 Å². The van der Waals surface area contributed by atoms with Crippen LogP contribution < -0.4 is 15.2 Å². The van der Waals surface area contributed by atoms with Crippen LogP contribution in [0, 0.1) is 5.92 Å². The lowest BCUT2D eigenvalue weighted by molar-refractivity contribution is -0.936. The molecule has 154 valence electrons. The summed E-state index contributed by atoms with van der Waals surface area (Å²) < 4.78 is 6.61. The van der Waals surface area contributed by atoms with Crippen molar-refractivity contribution >= 4 is 11.9 Å². The Hall–Kier alpha value is -2.58. The fourth-order valence-corrected chi connectivity index (χ4v) is 6.25. The van der Waals surface area contributed by atoms with Gasteiger partial charge in [-0.2, -0.15) is 0 Å². The Balaban J connectivity index is 1.56. The Morgan fingerprint density at radius 1 is 1.38 bits per heavy atom. The number of aliphatic carboxylic acids is 1. The molecule has 5 rings (SSSR count). The summed E-state index contributed by atoms with van der Waals surface area (Å²) in [6.07, 6.45) is 4.02. The molecule has 8 nitrogen and oxygen atoms in total. The molecule has 1 unspecified atom stereocenters. The second-order valence-corrected chi connectivity index (χ2v) is 8.96. The Kier molecular flexibility index (Phi) is 3.79. The van der Waals surface area contributed by atoms with Gasteiger partial charge in [-0.1, -0.05) is 18.2 Å². The van der Waals surface area contributed by atoms with Crippen LogP contribution >= 0.6 is 0 Å². The zero-order valence-electron chi connectivity index (χ0n) is 16.1. The Bertz CT molecular complexity index is 945. The Labute approximate surface area is 168 Å². The molecular weight excluding hydrogens is 376 g/mol. The fraction of sp³-hybridized carbons (Fsp3) is 0.524. The molecule has 2 aliphatic carbocycles. The molecule has 0 radical (unpaired) electrons. The SMILES string of the molecule is C[N+]1(CC(=O)NCC(=O)[O-])CC[C@]23c4c5ccc(O)c4O[C@H]2[C@@H](O)C=C[C@H]3[C@H]1C5. The molecule has 6 atom stereocenters. The summed E-state index contributed by atoms with van der Waals surface area (Å²) in [6, 6.07) is 3.63. The van der Waals surface area contributed by atoms with Gasteiger partial charge in [-0.05, 0) is 11.6 Å². The maximum atomic E-state index is 12.4. The number of carbonyl (C=O) groups is 2. The van der Waals surface area contributed by atoms with Crippen LogP contribution in [0.3, 0.4) is 0 Å². The number of ether oxygens (including phenoxy) is 1. The zero-order chi connectivity index (χ0) is 20.6. The number of piperidine rings is 1. The molecule has 8 heteroatoms.